The standard InChI is InChI=1S/C26H46N2O2/c1-5-7-14-28(15-8-6-2)16-10-13-27-19-22-21-17-23-20(3)11-9-12-26(23,4)18-24(21)30-25(22)29/h21-22,24,27H,5-19H2,1-4H3/t21-,22-,24+,26+/m0/s1. The van der Waals surface area contributed by atoms with Crippen molar-refractivity contribution < 1.29 is 9.53 Å². The van der Waals surface area contributed by atoms with E-state index < -0.39 is 0 Å². The molecule has 1 saturated carbocycles. The van der Waals surface area contributed by atoms with Crippen LogP contribution in [0, 0.1) is 17.3 Å². The van der Waals surface area contributed by atoms with Gasteiger partial charge in [-0.1, -0.05) is 44.8 Å². The number of carbonyl (C=O) groups excluding carboxylic acids is 1. The molecule has 1 saturated heterocycles. The Hall–Kier alpha value is -0.870. The Labute approximate surface area is 185 Å². The number of esters is 1. The van der Waals surface area contributed by atoms with Gasteiger partial charge in [0.1, 0.15) is 6.10 Å². The molecular weight excluding hydrogens is 372 g/mol. The molecule has 0 aromatic heterocycles. The number of hydrogen-bond acceptors (Lipinski definition) is 4. The van der Waals surface area contributed by atoms with E-state index in [0.717, 1.165) is 32.4 Å². The SMILES string of the molecule is CCCCN(CCCC)CCCNC[C@@H]1C(=O)O[C@@H]2C[C@@]3(C)CCCC(C)=C3C[C@@H]12. The van der Waals surface area contributed by atoms with Crippen LogP contribution in [0.2, 0.25) is 0 Å². The molecule has 0 amide bonds. The van der Waals surface area contributed by atoms with Gasteiger partial charge in [-0.05, 0) is 89.9 Å². The van der Waals surface area contributed by atoms with E-state index in [4.69, 9.17) is 4.74 Å². The van der Waals surface area contributed by atoms with Crippen LogP contribution < -0.4 is 5.32 Å². The highest BCUT2D eigenvalue weighted by atomic mass is 16.6. The molecule has 1 aliphatic heterocycles. The molecule has 0 aromatic rings. The molecule has 3 aliphatic rings. The Morgan fingerprint density at radius 1 is 1.13 bits per heavy atom. The molecule has 4 atom stereocenters. The second-order valence-electron chi connectivity index (χ2n) is 10.4. The summed E-state index contributed by atoms with van der Waals surface area (Å²) in [5, 5.41) is 3.61. The quantitative estimate of drug-likeness (QED) is 0.264. The van der Waals surface area contributed by atoms with Crippen molar-refractivity contribution >= 4 is 5.97 Å². The summed E-state index contributed by atoms with van der Waals surface area (Å²) in [4.78, 5) is 15.3. The minimum Gasteiger partial charge on any atom is -0.462 e. The van der Waals surface area contributed by atoms with Crippen LogP contribution in [-0.4, -0.2) is 49.7 Å². The van der Waals surface area contributed by atoms with E-state index in [1.165, 1.54) is 64.6 Å². The maximum Gasteiger partial charge on any atom is 0.310 e. The van der Waals surface area contributed by atoms with Crippen LogP contribution in [0.1, 0.15) is 91.9 Å². The van der Waals surface area contributed by atoms with Crippen molar-refractivity contribution in [3.05, 3.63) is 11.1 Å². The van der Waals surface area contributed by atoms with Gasteiger partial charge >= 0.3 is 5.97 Å². The van der Waals surface area contributed by atoms with Gasteiger partial charge in [-0.25, -0.2) is 0 Å². The first-order chi connectivity index (χ1) is 14.5. The van der Waals surface area contributed by atoms with Gasteiger partial charge in [0, 0.05) is 12.5 Å². The Kier molecular flexibility index (Phi) is 8.82. The number of nitrogens with one attached hydrogen (secondary N) is 1. The number of carbonyl (C=O) groups is 1. The summed E-state index contributed by atoms with van der Waals surface area (Å²) in [5.41, 5.74) is 3.51. The third-order valence-electron chi connectivity index (χ3n) is 8.03. The van der Waals surface area contributed by atoms with Crippen molar-refractivity contribution in [2.24, 2.45) is 17.3 Å². The van der Waals surface area contributed by atoms with Gasteiger partial charge in [0.15, 0.2) is 0 Å². The van der Waals surface area contributed by atoms with E-state index in [0.29, 0.717) is 5.92 Å². The maximum absolute atomic E-state index is 12.7. The largest absolute Gasteiger partial charge is 0.462 e. The highest BCUT2D eigenvalue weighted by Gasteiger charge is 2.52. The van der Waals surface area contributed by atoms with Crippen molar-refractivity contribution in [2.45, 2.75) is 98.0 Å². The zero-order valence-electron chi connectivity index (χ0n) is 20.1. The maximum atomic E-state index is 12.7. The Balaban J connectivity index is 1.46. The molecule has 0 aromatic carbocycles. The zero-order valence-corrected chi connectivity index (χ0v) is 20.1. The number of ether oxygens (including phenoxy) is 1. The van der Waals surface area contributed by atoms with E-state index in [-0.39, 0.29) is 23.4 Å². The van der Waals surface area contributed by atoms with Crippen LogP contribution in [0.25, 0.3) is 0 Å². The lowest BCUT2D eigenvalue weighted by Gasteiger charge is -2.45. The fourth-order valence-corrected chi connectivity index (χ4v) is 6.13. The van der Waals surface area contributed by atoms with E-state index in [9.17, 15) is 4.79 Å². The van der Waals surface area contributed by atoms with Crippen LogP contribution >= 0.6 is 0 Å². The molecule has 1 N–H and O–H groups in total. The Bertz CT molecular complexity index is 594. The molecule has 4 nitrogen and oxygen atoms in total. The predicted octanol–water partition coefficient (Wildman–Crippen LogP) is 5.33. The second-order valence-corrected chi connectivity index (χ2v) is 10.4. The number of hydrogen-bond donors (Lipinski definition) is 1. The molecule has 3 rings (SSSR count). The lowest BCUT2D eigenvalue weighted by Crippen LogP contribution is -2.41. The van der Waals surface area contributed by atoms with Crippen LogP contribution in [0.4, 0.5) is 0 Å². The summed E-state index contributed by atoms with van der Waals surface area (Å²) in [5.74, 6) is 0.468. The highest BCUT2D eigenvalue weighted by Crippen LogP contribution is 2.54. The van der Waals surface area contributed by atoms with Crippen LogP contribution in [0.3, 0.4) is 0 Å². The first-order valence-electron chi connectivity index (χ1n) is 12.8. The Morgan fingerprint density at radius 3 is 2.53 bits per heavy atom. The molecule has 0 bridgehead atoms. The first kappa shape index (κ1) is 23.8. The molecule has 2 fully saturated rings. The van der Waals surface area contributed by atoms with Gasteiger partial charge in [-0.15, -0.1) is 0 Å². The van der Waals surface area contributed by atoms with Gasteiger partial charge in [0.05, 0.1) is 5.92 Å². The van der Waals surface area contributed by atoms with Crippen molar-refractivity contribution in [2.75, 3.05) is 32.7 Å². The molecule has 172 valence electrons. The average molecular weight is 419 g/mol. The molecule has 2 aliphatic carbocycles. The van der Waals surface area contributed by atoms with Gasteiger partial charge < -0.3 is 15.0 Å². The van der Waals surface area contributed by atoms with E-state index in [1.54, 1.807) is 11.1 Å². The Morgan fingerprint density at radius 2 is 1.83 bits per heavy atom. The minimum absolute atomic E-state index is 0.0399. The highest BCUT2D eigenvalue weighted by molar-refractivity contribution is 5.76. The van der Waals surface area contributed by atoms with Gasteiger partial charge in [0.25, 0.3) is 0 Å². The van der Waals surface area contributed by atoms with Crippen molar-refractivity contribution in [1.29, 1.82) is 0 Å². The third kappa shape index (κ3) is 5.68. The summed E-state index contributed by atoms with van der Waals surface area (Å²) in [6, 6.07) is 0. The van der Waals surface area contributed by atoms with E-state index >= 15 is 0 Å². The van der Waals surface area contributed by atoms with Gasteiger partial charge in [-0.3, -0.25) is 4.79 Å². The topological polar surface area (TPSA) is 41.6 Å². The van der Waals surface area contributed by atoms with Crippen LogP contribution in [-0.2, 0) is 9.53 Å². The molecule has 30 heavy (non-hydrogen) atoms. The fraction of sp³-hybridized carbons (Fsp3) is 0.885. The molecule has 0 radical (unpaired) electrons. The van der Waals surface area contributed by atoms with Crippen molar-refractivity contribution in [3.8, 4) is 0 Å². The van der Waals surface area contributed by atoms with Gasteiger partial charge in [-0.2, -0.15) is 0 Å². The van der Waals surface area contributed by atoms with Crippen LogP contribution in [0.5, 0.6) is 0 Å². The summed E-state index contributed by atoms with van der Waals surface area (Å²) in [6.07, 6.45) is 12.3. The third-order valence-corrected chi connectivity index (χ3v) is 8.03. The zero-order chi connectivity index (χ0) is 21.6. The lowest BCUT2D eigenvalue weighted by atomic mass is 9.59. The summed E-state index contributed by atoms with van der Waals surface area (Å²) in [6.45, 7) is 14.7. The number of rotatable bonds is 12. The fourth-order valence-electron chi connectivity index (χ4n) is 6.13. The van der Waals surface area contributed by atoms with Crippen molar-refractivity contribution in [1.82, 2.24) is 10.2 Å². The van der Waals surface area contributed by atoms with Crippen LogP contribution in [0.15, 0.2) is 11.1 Å². The molecule has 4 heteroatoms. The number of fused-ring (bicyclic) bond motifs is 2. The molecule has 0 unspecified atom stereocenters. The normalized spacial score (nSPS) is 31.1. The summed E-state index contributed by atoms with van der Waals surface area (Å²) >= 11 is 0. The van der Waals surface area contributed by atoms with Crippen molar-refractivity contribution in [3.63, 3.8) is 0 Å². The van der Waals surface area contributed by atoms with E-state index in [2.05, 4.69) is 37.9 Å². The number of allylic oxidation sites excluding steroid dienone is 2. The summed E-state index contributed by atoms with van der Waals surface area (Å²) < 4.78 is 5.90. The number of unbranched alkanes of at least 4 members (excludes halogenated alkanes) is 2. The second kappa shape index (κ2) is 11.1. The minimum atomic E-state index is 0.0399. The van der Waals surface area contributed by atoms with Gasteiger partial charge in [0.2, 0.25) is 0 Å². The summed E-state index contributed by atoms with van der Waals surface area (Å²) in [7, 11) is 0. The number of nitrogens with zero attached hydrogens (tertiary/aromatic N) is 1. The van der Waals surface area contributed by atoms with E-state index in [1.807, 2.05) is 0 Å². The molecule has 0 spiro atoms. The predicted molar refractivity (Wildman–Crippen MR) is 124 cm³/mol. The first-order valence-corrected chi connectivity index (χ1v) is 12.8. The lowest BCUT2D eigenvalue weighted by molar-refractivity contribution is -0.145. The molecule has 1 heterocycles. The average Bonchev–Trinajstić information content (AvgIpc) is 3.01. The monoisotopic (exact) mass is 418 g/mol. The molecular formula is C26H46N2O2. The smallest absolute Gasteiger partial charge is 0.310 e.